The molecule has 1 unspecified atom stereocenters. The maximum atomic E-state index is 14.3. The molecular weight excluding hydrogens is 320 g/mol. The second-order valence-electron chi connectivity index (χ2n) is 6.25. The highest BCUT2D eigenvalue weighted by Crippen LogP contribution is 2.43. The Labute approximate surface area is 137 Å². The summed E-state index contributed by atoms with van der Waals surface area (Å²) in [5, 5.41) is 3.31. The monoisotopic (exact) mass is 336 g/mol. The number of nitrogens with one attached hydrogen (secondary N) is 1. The largest absolute Gasteiger partial charge is 0.366 e. The first-order valence-corrected chi connectivity index (χ1v) is 8.00. The predicted octanol–water partition coefficient (Wildman–Crippen LogP) is 3.63. The molecule has 2 aromatic rings. The third kappa shape index (κ3) is 2.28. The third-order valence-corrected chi connectivity index (χ3v) is 4.87. The van der Waals surface area contributed by atoms with Gasteiger partial charge in [-0.2, -0.15) is 0 Å². The molecule has 0 aromatic heterocycles. The lowest BCUT2D eigenvalue weighted by Crippen LogP contribution is -2.33. The Morgan fingerprint density at radius 2 is 1.83 bits per heavy atom. The highest BCUT2D eigenvalue weighted by atomic mass is 19.2. The molecule has 2 aliphatic heterocycles. The average Bonchev–Trinajstić information content (AvgIpc) is 2.75. The van der Waals surface area contributed by atoms with Crippen LogP contribution in [0, 0.1) is 23.3 Å². The van der Waals surface area contributed by atoms with Crippen molar-refractivity contribution >= 4 is 5.69 Å². The fourth-order valence-corrected chi connectivity index (χ4v) is 3.80. The lowest BCUT2D eigenvalue weighted by atomic mass is 9.98. The van der Waals surface area contributed by atoms with Crippen LogP contribution in [0.15, 0.2) is 24.3 Å². The summed E-state index contributed by atoms with van der Waals surface area (Å²) in [6, 6.07) is 5.87. The summed E-state index contributed by atoms with van der Waals surface area (Å²) in [5.74, 6) is -5.72. The zero-order valence-electron chi connectivity index (χ0n) is 12.9. The molecule has 0 amide bonds. The number of fused-ring (bicyclic) bond motifs is 3. The van der Waals surface area contributed by atoms with Gasteiger partial charge in [-0.1, -0.05) is 18.2 Å². The van der Waals surface area contributed by atoms with Crippen LogP contribution in [0.2, 0.25) is 0 Å². The predicted molar refractivity (Wildman–Crippen MR) is 84.0 cm³/mol. The van der Waals surface area contributed by atoms with Crippen LogP contribution in [0.25, 0.3) is 11.1 Å². The molecule has 2 aromatic carbocycles. The van der Waals surface area contributed by atoms with Gasteiger partial charge in [-0.25, -0.2) is 17.6 Å². The first-order chi connectivity index (χ1) is 11.6. The summed E-state index contributed by atoms with van der Waals surface area (Å²) in [7, 11) is 0. The van der Waals surface area contributed by atoms with E-state index >= 15 is 0 Å². The van der Waals surface area contributed by atoms with Crippen molar-refractivity contribution in [3.8, 4) is 11.1 Å². The molecule has 1 atom stereocenters. The van der Waals surface area contributed by atoms with Crippen LogP contribution in [0.5, 0.6) is 0 Å². The lowest BCUT2D eigenvalue weighted by molar-refractivity contribution is 0.437. The van der Waals surface area contributed by atoms with Crippen LogP contribution in [-0.4, -0.2) is 25.7 Å². The van der Waals surface area contributed by atoms with E-state index in [9.17, 15) is 17.6 Å². The summed E-state index contributed by atoms with van der Waals surface area (Å²) >= 11 is 0. The summed E-state index contributed by atoms with van der Waals surface area (Å²) in [6.07, 6.45) is 1.72. The van der Waals surface area contributed by atoms with Gasteiger partial charge < -0.3 is 10.2 Å². The number of hydrogen-bond acceptors (Lipinski definition) is 2. The van der Waals surface area contributed by atoms with Gasteiger partial charge in [0.1, 0.15) is 5.82 Å². The standard InChI is InChI=1S/C18H16F4N2/c19-13-9-14(20)16(21)17(22)15(13)12-3-1-2-10-8-11-4-5-23-6-7-24(11)18(10)12/h1-3,9,11,23H,4-8H2. The third-order valence-electron chi connectivity index (χ3n) is 4.87. The number of para-hydroxylation sites is 1. The smallest absolute Gasteiger partial charge is 0.195 e. The van der Waals surface area contributed by atoms with E-state index in [1.807, 2.05) is 6.07 Å². The van der Waals surface area contributed by atoms with E-state index < -0.39 is 28.8 Å². The topological polar surface area (TPSA) is 15.3 Å². The normalized spacial score (nSPS) is 19.8. The van der Waals surface area contributed by atoms with Crippen molar-refractivity contribution in [2.75, 3.05) is 24.5 Å². The molecule has 2 nitrogen and oxygen atoms in total. The quantitative estimate of drug-likeness (QED) is 0.486. The molecule has 2 aliphatic rings. The van der Waals surface area contributed by atoms with Crippen LogP contribution < -0.4 is 10.2 Å². The van der Waals surface area contributed by atoms with Gasteiger partial charge in [0.25, 0.3) is 0 Å². The molecule has 1 saturated heterocycles. The Hall–Kier alpha value is -2.08. The van der Waals surface area contributed by atoms with E-state index in [2.05, 4.69) is 10.2 Å². The molecule has 0 aliphatic carbocycles. The second kappa shape index (κ2) is 5.77. The highest BCUT2D eigenvalue weighted by Gasteiger charge is 2.34. The molecule has 0 radical (unpaired) electrons. The SMILES string of the molecule is Fc1cc(F)c(-c2cccc3c2N2CCNCCC2C3)c(F)c1F. The fraction of sp³-hybridized carbons (Fsp3) is 0.333. The summed E-state index contributed by atoms with van der Waals surface area (Å²) < 4.78 is 55.5. The molecule has 1 N–H and O–H groups in total. The van der Waals surface area contributed by atoms with E-state index in [1.54, 1.807) is 12.1 Å². The van der Waals surface area contributed by atoms with E-state index in [1.165, 1.54) is 0 Å². The van der Waals surface area contributed by atoms with Gasteiger partial charge >= 0.3 is 0 Å². The van der Waals surface area contributed by atoms with Crippen LogP contribution in [0.4, 0.5) is 23.2 Å². The zero-order valence-corrected chi connectivity index (χ0v) is 12.9. The minimum atomic E-state index is -1.64. The van der Waals surface area contributed by atoms with Crippen molar-refractivity contribution in [2.24, 2.45) is 0 Å². The second-order valence-corrected chi connectivity index (χ2v) is 6.25. The number of benzene rings is 2. The summed E-state index contributed by atoms with van der Waals surface area (Å²) in [5.41, 5.74) is 1.51. The molecular formula is C18H16F4N2. The number of halogens is 4. The van der Waals surface area contributed by atoms with Crippen molar-refractivity contribution < 1.29 is 17.6 Å². The van der Waals surface area contributed by atoms with Gasteiger partial charge in [0, 0.05) is 36.4 Å². The minimum absolute atomic E-state index is 0.257. The Bertz CT molecular complexity index is 806. The van der Waals surface area contributed by atoms with Gasteiger partial charge in [0.05, 0.1) is 5.56 Å². The molecule has 0 bridgehead atoms. The molecule has 0 spiro atoms. The number of rotatable bonds is 1. The highest BCUT2D eigenvalue weighted by molar-refractivity contribution is 5.83. The molecule has 4 rings (SSSR count). The Balaban J connectivity index is 1.91. The van der Waals surface area contributed by atoms with E-state index in [4.69, 9.17) is 0 Å². The molecule has 0 saturated carbocycles. The van der Waals surface area contributed by atoms with Gasteiger partial charge in [0.15, 0.2) is 17.5 Å². The maximum absolute atomic E-state index is 14.3. The minimum Gasteiger partial charge on any atom is -0.366 e. The average molecular weight is 336 g/mol. The van der Waals surface area contributed by atoms with Gasteiger partial charge in [-0.15, -0.1) is 0 Å². The van der Waals surface area contributed by atoms with Gasteiger partial charge in [-0.3, -0.25) is 0 Å². The van der Waals surface area contributed by atoms with Crippen molar-refractivity contribution in [2.45, 2.75) is 18.9 Å². The van der Waals surface area contributed by atoms with E-state index in [-0.39, 0.29) is 11.6 Å². The first-order valence-electron chi connectivity index (χ1n) is 8.00. The van der Waals surface area contributed by atoms with Crippen LogP contribution >= 0.6 is 0 Å². The van der Waals surface area contributed by atoms with Gasteiger partial charge in [-0.05, 0) is 24.9 Å². The molecule has 1 fully saturated rings. The zero-order chi connectivity index (χ0) is 16.8. The summed E-state index contributed by atoms with van der Waals surface area (Å²) in [6.45, 7) is 2.37. The number of nitrogens with zero attached hydrogens (tertiary/aromatic N) is 1. The Morgan fingerprint density at radius 1 is 1.00 bits per heavy atom. The molecule has 126 valence electrons. The Kier molecular flexibility index (Phi) is 3.72. The molecule has 24 heavy (non-hydrogen) atoms. The van der Waals surface area contributed by atoms with Crippen molar-refractivity contribution in [3.63, 3.8) is 0 Å². The fourth-order valence-electron chi connectivity index (χ4n) is 3.80. The Morgan fingerprint density at radius 3 is 2.67 bits per heavy atom. The van der Waals surface area contributed by atoms with Crippen LogP contribution in [0.1, 0.15) is 12.0 Å². The van der Waals surface area contributed by atoms with Crippen molar-refractivity contribution in [1.29, 1.82) is 0 Å². The molecule has 6 heteroatoms. The van der Waals surface area contributed by atoms with Crippen molar-refractivity contribution in [3.05, 3.63) is 53.1 Å². The lowest BCUT2D eigenvalue weighted by Gasteiger charge is -2.26. The number of anilines is 1. The van der Waals surface area contributed by atoms with Crippen molar-refractivity contribution in [1.82, 2.24) is 5.32 Å². The van der Waals surface area contributed by atoms with Crippen LogP contribution in [0.3, 0.4) is 0 Å². The van der Waals surface area contributed by atoms with Crippen LogP contribution in [-0.2, 0) is 6.42 Å². The molecule has 2 heterocycles. The van der Waals surface area contributed by atoms with Gasteiger partial charge in [0.2, 0.25) is 0 Å². The number of hydrogen-bond donors (Lipinski definition) is 1. The summed E-state index contributed by atoms with van der Waals surface area (Å²) in [4.78, 5) is 2.13. The first kappa shape index (κ1) is 15.4. The van der Waals surface area contributed by atoms with E-state index in [0.717, 1.165) is 37.2 Å². The van der Waals surface area contributed by atoms with E-state index in [0.29, 0.717) is 12.6 Å². The maximum Gasteiger partial charge on any atom is 0.195 e.